The van der Waals surface area contributed by atoms with Gasteiger partial charge in [-0.05, 0) is 37.8 Å². The number of nitrogen functional groups attached to an aromatic ring is 2. The van der Waals surface area contributed by atoms with E-state index in [-0.39, 0.29) is 11.9 Å². The van der Waals surface area contributed by atoms with Crippen molar-refractivity contribution in [3.63, 3.8) is 0 Å². The molecule has 146 valence electrons. The van der Waals surface area contributed by atoms with Crippen LogP contribution in [0.3, 0.4) is 0 Å². The molecule has 0 aliphatic carbocycles. The maximum absolute atomic E-state index is 12.4. The molecule has 0 radical (unpaired) electrons. The number of hydrogen-bond acceptors (Lipinski definition) is 8. The third kappa shape index (κ3) is 3.55. The summed E-state index contributed by atoms with van der Waals surface area (Å²) < 4.78 is 11.0. The van der Waals surface area contributed by atoms with E-state index in [9.17, 15) is 4.79 Å². The van der Waals surface area contributed by atoms with Crippen molar-refractivity contribution in [3.8, 4) is 5.75 Å². The number of piperidine rings is 1. The number of likely N-dealkylation sites (tertiary alicyclic amines) is 1. The molecular formula is C19H22N6O3. The van der Waals surface area contributed by atoms with Crippen LogP contribution in [0.25, 0.3) is 10.9 Å². The summed E-state index contributed by atoms with van der Waals surface area (Å²) in [5.41, 5.74) is 12.7. The van der Waals surface area contributed by atoms with E-state index in [0.29, 0.717) is 59.5 Å². The quantitative estimate of drug-likeness (QED) is 0.700. The van der Waals surface area contributed by atoms with Gasteiger partial charge in [0, 0.05) is 19.2 Å². The summed E-state index contributed by atoms with van der Waals surface area (Å²) in [6.45, 7) is 3.63. The fourth-order valence-electron chi connectivity index (χ4n) is 3.46. The summed E-state index contributed by atoms with van der Waals surface area (Å²) >= 11 is 0. The molecule has 9 nitrogen and oxygen atoms in total. The molecule has 1 aliphatic rings. The maximum Gasteiger partial charge on any atom is 0.276 e. The van der Waals surface area contributed by atoms with Gasteiger partial charge in [-0.2, -0.15) is 4.98 Å². The Morgan fingerprint density at radius 3 is 2.79 bits per heavy atom. The molecule has 0 unspecified atom stereocenters. The van der Waals surface area contributed by atoms with Gasteiger partial charge < -0.3 is 25.6 Å². The topological polar surface area (TPSA) is 133 Å². The first kappa shape index (κ1) is 18.0. The van der Waals surface area contributed by atoms with Crippen LogP contribution in [-0.4, -0.2) is 45.6 Å². The van der Waals surface area contributed by atoms with Gasteiger partial charge in [0.25, 0.3) is 5.91 Å². The summed E-state index contributed by atoms with van der Waals surface area (Å²) in [5, 5.41) is 4.48. The maximum atomic E-state index is 12.4. The van der Waals surface area contributed by atoms with Crippen molar-refractivity contribution in [2.45, 2.75) is 19.8 Å². The number of ether oxygens (including phenoxy) is 1. The molecule has 1 fully saturated rings. The van der Waals surface area contributed by atoms with Gasteiger partial charge in [-0.1, -0.05) is 11.2 Å². The normalized spacial score (nSPS) is 15.1. The average Bonchev–Trinajstić information content (AvgIpc) is 3.12. The molecule has 0 spiro atoms. The minimum atomic E-state index is -0.0900. The molecule has 1 saturated heterocycles. The largest absolute Gasteiger partial charge is 0.492 e. The van der Waals surface area contributed by atoms with Crippen molar-refractivity contribution >= 4 is 28.6 Å². The number of anilines is 2. The highest BCUT2D eigenvalue weighted by Crippen LogP contribution is 2.30. The standard InChI is InChI=1S/C19H22N6O3/c1-11-9-14(24-28-11)18(26)25-7-5-12(6-8-25)10-27-15-4-2-3-13-16(15)17(20)23-19(21)22-13/h2-4,9,12H,5-8,10H2,1H3,(H4,20,21,22,23). The number of fused-ring (bicyclic) bond motifs is 1. The highest BCUT2D eigenvalue weighted by Gasteiger charge is 2.26. The first-order valence-corrected chi connectivity index (χ1v) is 9.18. The van der Waals surface area contributed by atoms with E-state index in [4.69, 9.17) is 20.7 Å². The Morgan fingerprint density at radius 1 is 1.29 bits per heavy atom. The molecule has 0 atom stereocenters. The fourth-order valence-corrected chi connectivity index (χ4v) is 3.46. The zero-order valence-electron chi connectivity index (χ0n) is 15.6. The van der Waals surface area contributed by atoms with Crippen molar-refractivity contribution in [3.05, 3.63) is 35.7 Å². The molecule has 1 aliphatic heterocycles. The predicted octanol–water partition coefficient (Wildman–Crippen LogP) is 2.02. The molecule has 0 saturated carbocycles. The second-order valence-electron chi connectivity index (χ2n) is 6.99. The molecule has 4 rings (SSSR count). The van der Waals surface area contributed by atoms with Crippen LogP contribution in [0, 0.1) is 12.8 Å². The summed E-state index contributed by atoms with van der Waals surface area (Å²) in [6, 6.07) is 7.19. The number of nitrogens with two attached hydrogens (primary N) is 2. The number of carbonyl (C=O) groups excluding carboxylic acids is 1. The Kier molecular flexibility index (Phi) is 4.72. The molecule has 3 aromatic rings. The lowest BCUT2D eigenvalue weighted by molar-refractivity contribution is 0.0651. The molecule has 1 aromatic carbocycles. The molecule has 9 heteroatoms. The zero-order chi connectivity index (χ0) is 19.7. The number of carbonyl (C=O) groups is 1. The molecule has 0 bridgehead atoms. The smallest absolute Gasteiger partial charge is 0.276 e. The van der Waals surface area contributed by atoms with Crippen molar-refractivity contribution < 1.29 is 14.1 Å². The Morgan fingerprint density at radius 2 is 2.07 bits per heavy atom. The monoisotopic (exact) mass is 382 g/mol. The lowest BCUT2D eigenvalue weighted by Gasteiger charge is -2.31. The Hall–Kier alpha value is -3.36. The number of benzene rings is 1. The number of aryl methyl sites for hydroxylation is 1. The van der Waals surface area contributed by atoms with Crippen LogP contribution in [0.1, 0.15) is 29.1 Å². The summed E-state index contributed by atoms with van der Waals surface area (Å²) in [5.74, 6) is 1.98. The van der Waals surface area contributed by atoms with Crippen LogP contribution >= 0.6 is 0 Å². The number of aromatic nitrogens is 3. The molecule has 28 heavy (non-hydrogen) atoms. The molecule has 4 N–H and O–H groups in total. The minimum absolute atomic E-state index is 0.0900. The van der Waals surface area contributed by atoms with Gasteiger partial charge in [0.15, 0.2) is 5.69 Å². The Labute approximate surface area is 161 Å². The fraction of sp³-hybridized carbons (Fsp3) is 0.368. The summed E-state index contributed by atoms with van der Waals surface area (Å²) in [7, 11) is 0. The van der Waals surface area contributed by atoms with E-state index in [1.54, 1.807) is 17.9 Å². The van der Waals surface area contributed by atoms with E-state index in [0.717, 1.165) is 12.8 Å². The third-order valence-corrected chi connectivity index (χ3v) is 4.95. The van der Waals surface area contributed by atoms with Gasteiger partial charge in [0.1, 0.15) is 17.3 Å². The van der Waals surface area contributed by atoms with E-state index in [1.807, 2.05) is 18.2 Å². The predicted molar refractivity (Wildman–Crippen MR) is 104 cm³/mol. The van der Waals surface area contributed by atoms with Crippen LogP contribution in [0.2, 0.25) is 0 Å². The first-order chi connectivity index (χ1) is 13.5. The average molecular weight is 382 g/mol. The van der Waals surface area contributed by atoms with E-state index >= 15 is 0 Å². The van der Waals surface area contributed by atoms with E-state index in [2.05, 4.69) is 15.1 Å². The third-order valence-electron chi connectivity index (χ3n) is 4.95. The van der Waals surface area contributed by atoms with Crippen molar-refractivity contribution in [1.82, 2.24) is 20.0 Å². The summed E-state index contributed by atoms with van der Waals surface area (Å²) in [6.07, 6.45) is 1.71. The Bertz CT molecular complexity index is 1010. The van der Waals surface area contributed by atoms with Crippen LogP contribution in [0.5, 0.6) is 5.75 Å². The van der Waals surface area contributed by atoms with E-state index < -0.39 is 0 Å². The lowest BCUT2D eigenvalue weighted by Crippen LogP contribution is -2.39. The molecule has 1 amide bonds. The molecule has 3 heterocycles. The van der Waals surface area contributed by atoms with Gasteiger partial charge >= 0.3 is 0 Å². The highest BCUT2D eigenvalue weighted by atomic mass is 16.5. The van der Waals surface area contributed by atoms with Gasteiger partial charge in [-0.3, -0.25) is 4.79 Å². The number of hydrogen-bond donors (Lipinski definition) is 2. The summed E-state index contributed by atoms with van der Waals surface area (Å²) in [4.78, 5) is 22.5. The Balaban J connectivity index is 1.37. The van der Waals surface area contributed by atoms with Gasteiger partial charge in [0.2, 0.25) is 5.95 Å². The van der Waals surface area contributed by atoms with Crippen molar-refractivity contribution in [1.29, 1.82) is 0 Å². The van der Waals surface area contributed by atoms with Crippen LogP contribution in [0.15, 0.2) is 28.8 Å². The molecule has 2 aromatic heterocycles. The van der Waals surface area contributed by atoms with Crippen molar-refractivity contribution in [2.24, 2.45) is 5.92 Å². The second-order valence-corrected chi connectivity index (χ2v) is 6.99. The lowest BCUT2D eigenvalue weighted by atomic mass is 9.97. The number of rotatable bonds is 4. The van der Waals surface area contributed by atoms with Crippen LogP contribution in [-0.2, 0) is 0 Å². The van der Waals surface area contributed by atoms with Crippen LogP contribution in [0.4, 0.5) is 11.8 Å². The SMILES string of the molecule is Cc1cc(C(=O)N2CCC(COc3cccc4nc(N)nc(N)c34)CC2)no1. The van der Waals surface area contributed by atoms with Crippen LogP contribution < -0.4 is 16.2 Å². The van der Waals surface area contributed by atoms with Gasteiger partial charge in [-0.15, -0.1) is 0 Å². The second kappa shape index (κ2) is 7.34. The number of nitrogens with zero attached hydrogens (tertiary/aromatic N) is 4. The van der Waals surface area contributed by atoms with Gasteiger partial charge in [-0.25, -0.2) is 4.98 Å². The minimum Gasteiger partial charge on any atom is -0.492 e. The van der Waals surface area contributed by atoms with Crippen molar-refractivity contribution in [2.75, 3.05) is 31.2 Å². The van der Waals surface area contributed by atoms with Gasteiger partial charge in [0.05, 0.1) is 17.5 Å². The zero-order valence-corrected chi connectivity index (χ0v) is 15.6. The molecular weight excluding hydrogens is 360 g/mol. The van der Waals surface area contributed by atoms with E-state index in [1.165, 1.54) is 0 Å². The first-order valence-electron chi connectivity index (χ1n) is 9.18. The number of amides is 1. The highest BCUT2D eigenvalue weighted by molar-refractivity contribution is 5.94.